The number of furan rings is 1. The number of nitrogens with zero attached hydrogens (tertiary/aromatic N) is 1. The highest BCUT2D eigenvalue weighted by atomic mass is 16.5. The molecular formula is C24H25NO3. The van der Waals surface area contributed by atoms with Crippen LogP contribution >= 0.6 is 0 Å². The monoisotopic (exact) mass is 375 g/mol. The Balaban J connectivity index is 1.73. The maximum atomic E-state index is 13.0. The number of hydrogen-bond donors (Lipinski definition) is 0. The molecule has 4 heteroatoms. The van der Waals surface area contributed by atoms with Crippen LogP contribution in [0, 0.1) is 0 Å². The molecule has 1 aromatic heterocycles. The first-order valence-corrected chi connectivity index (χ1v) is 9.29. The lowest BCUT2D eigenvalue weighted by Gasteiger charge is -2.22. The van der Waals surface area contributed by atoms with Crippen LogP contribution in [0.2, 0.25) is 0 Å². The summed E-state index contributed by atoms with van der Waals surface area (Å²) in [4.78, 5) is 14.8. The SMILES string of the molecule is COc1ccc(CC(=O)N(C/C(C)=C/c2ccccc2)Cc2ccco2)cc1. The van der Waals surface area contributed by atoms with Crippen molar-refractivity contribution >= 4 is 12.0 Å². The fourth-order valence-electron chi connectivity index (χ4n) is 3.03. The summed E-state index contributed by atoms with van der Waals surface area (Å²) in [6.45, 7) is 3.04. The van der Waals surface area contributed by atoms with E-state index in [1.165, 1.54) is 0 Å². The third-order valence-electron chi connectivity index (χ3n) is 4.45. The lowest BCUT2D eigenvalue weighted by molar-refractivity contribution is -0.130. The zero-order chi connectivity index (χ0) is 19.8. The Morgan fingerprint density at radius 3 is 2.43 bits per heavy atom. The van der Waals surface area contributed by atoms with Gasteiger partial charge in [0.05, 0.1) is 26.3 Å². The fraction of sp³-hybridized carbons (Fsp3) is 0.208. The van der Waals surface area contributed by atoms with Gasteiger partial charge in [0.2, 0.25) is 5.91 Å². The maximum Gasteiger partial charge on any atom is 0.227 e. The highest BCUT2D eigenvalue weighted by molar-refractivity contribution is 5.79. The first-order valence-electron chi connectivity index (χ1n) is 9.29. The topological polar surface area (TPSA) is 42.7 Å². The Bertz CT molecular complexity index is 897. The van der Waals surface area contributed by atoms with E-state index in [0.29, 0.717) is 19.5 Å². The van der Waals surface area contributed by atoms with Gasteiger partial charge in [-0.2, -0.15) is 0 Å². The first kappa shape index (κ1) is 19.5. The average molecular weight is 375 g/mol. The highest BCUT2D eigenvalue weighted by Gasteiger charge is 2.16. The van der Waals surface area contributed by atoms with Crippen molar-refractivity contribution in [2.45, 2.75) is 19.9 Å². The standard InChI is InChI=1S/C24H25NO3/c1-19(15-20-7-4-3-5-8-20)17-25(18-23-9-6-14-28-23)24(26)16-21-10-12-22(27-2)13-11-21/h3-15H,16-18H2,1-2H3/b19-15+. The molecule has 3 aromatic rings. The zero-order valence-corrected chi connectivity index (χ0v) is 16.3. The van der Waals surface area contributed by atoms with E-state index < -0.39 is 0 Å². The third kappa shape index (κ3) is 5.61. The second-order valence-electron chi connectivity index (χ2n) is 6.76. The molecule has 0 aliphatic carbocycles. The van der Waals surface area contributed by atoms with E-state index in [1.54, 1.807) is 13.4 Å². The summed E-state index contributed by atoms with van der Waals surface area (Å²) >= 11 is 0. The predicted octanol–water partition coefficient (Wildman–Crippen LogP) is 4.96. The van der Waals surface area contributed by atoms with Crippen LogP contribution in [-0.4, -0.2) is 24.5 Å². The normalized spacial score (nSPS) is 11.3. The molecule has 0 unspecified atom stereocenters. The quantitative estimate of drug-likeness (QED) is 0.559. The summed E-state index contributed by atoms with van der Waals surface area (Å²) in [7, 11) is 1.63. The molecule has 28 heavy (non-hydrogen) atoms. The Labute approximate surface area is 166 Å². The number of ether oxygens (including phenoxy) is 1. The second kappa shape index (κ2) is 9.60. The lowest BCUT2D eigenvalue weighted by Crippen LogP contribution is -2.33. The maximum absolute atomic E-state index is 13.0. The van der Waals surface area contributed by atoms with Crippen molar-refractivity contribution in [1.29, 1.82) is 0 Å². The van der Waals surface area contributed by atoms with Crippen LogP contribution in [0.3, 0.4) is 0 Å². The van der Waals surface area contributed by atoms with Gasteiger partial charge in [-0.05, 0) is 42.3 Å². The van der Waals surface area contributed by atoms with E-state index in [-0.39, 0.29) is 5.91 Å². The summed E-state index contributed by atoms with van der Waals surface area (Å²) in [6.07, 6.45) is 4.08. The summed E-state index contributed by atoms with van der Waals surface area (Å²) in [5.74, 6) is 1.61. The van der Waals surface area contributed by atoms with Crippen LogP contribution in [0.5, 0.6) is 5.75 Å². The number of carbonyl (C=O) groups excluding carboxylic acids is 1. The van der Waals surface area contributed by atoms with Gasteiger partial charge in [-0.25, -0.2) is 0 Å². The van der Waals surface area contributed by atoms with E-state index in [9.17, 15) is 4.79 Å². The molecule has 144 valence electrons. The van der Waals surface area contributed by atoms with Gasteiger partial charge in [0.25, 0.3) is 0 Å². The Hall–Kier alpha value is -3.27. The van der Waals surface area contributed by atoms with Gasteiger partial charge in [0.1, 0.15) is 11.5 Å². The Morgan fingerprint density at radius 2 is 1.79 bits per heavy atom. The molecule has 1 amide bonds. The van der Waals surface area contributed by atoms with Crippen LogP contribution in [0.15, 0.2) is 83.0 Å². The molecule has 3 rings (SSSR count). The van der Waals surface area contributed by atoms with E-state index in [0.717, 1.165) is 28.2 Å². The van der Waals surface area contributed by atoms with Gasteiger partial charge in [-0.1, -0.05) is 54.1 Å². The molecule has 0 aliphatic heterocycles. The van der Waals surface area contributed by atoms with Gasteiger partial charge in [0, 0.05) is 6.54 Å². The van der Waals surface area contributed by atoms with Crippen molar-refractivity contribution in [2.75, 3.05) is 13.7 Å². The number of methoxy groups -OCH3 is 1. The molecule has 1 heterocycles. The van der Waals surface area contributed by atoms with Crippen LogP contribution in [0.1, 0.15) is 23.8 Å². The number of benzene rings is 2. The van der Waals surface area contributed by atoms with Crippen molar-refractivity contribution in [2.24, 2.45) is 0 Å². The molecule has 0 N–H and O–H groups in total. The van der Waals surface area contributed by atoms with Gasteiger partial charge in [0.15, 0.2) is 0 Å². The Kier molecular flexibility index (Phi) is 6.68. The molecular weight excluding hydrogens is 350 g/mol. The van der Waals surface area contributed by atoms with Gasteiger partial charge < -0.3 is 14.1 Å². The number of amides is 1. The Morgan fingerprint density at radius 1 is 1.04 bits per heavy atom. The highest BCUT2D eigenvalue weighted by Crippen LogP contribution is 2.15. The molecule has 0 spiro atoms. The number of hydrogen-bond acceptors (Lipinski definition) is 3. The average Bonchev–Trinajstić information content (AvgIpc) is 3.22. The molecule has 0 fully saturated rings. The molecule has 0 atom stereocenters. The minimum absolute atomic E-state index is 0.0578. The summed E-state index contributed by atoms with van der Waals surface area (Å²) in [5.41, 5.74) is 3.20. The van der Waals surface area contributed by atoms with Crippen LogP contribution in [0.4, 0.5) is 0 Å². The molecule has 4 nitrogen and oxygen atoms in total. The minimum Gasteiger partial charge on any atom is -0.497 e. The first-order chi connectivity index (χ1) is 13.6. The van der Waals surface area contributed by atoms with Gasteiger partial charge in [-0.15, -0.1) is 0 Å². The van der Waals surface area contributed by atoms with Crippen molar-refractivity contribution in [3.63, 3.8) is 0 Å². The molecule has 2 aromatic carbocycles. The summed E-state index contributed by atoms with van der Waals surface area (Å²) in [6, 6.07) is 21.5. The number of carbonyl (C=O) groups is 1. The second-order valence-corrected chi connectivity index (χ2v) is 6.76. The van der Waals surface area contributed by atoms with E-state index in [4.69, 9.17) is 9.15 Å². The lowest BCUT2D eigenvalue weighted by atomic mass is 10.1. The third-order valence-corrected chi connectivity index (χ3v) is 4.45. The van der Waals surface area contributed by atoms with Gasteiger partial charge in [-0.3, -0.25) is 4.79 Å². The smallest absolute Gasteiger partial charge is 0.227 e. The van der Waals surface area contributed by atoms with Crippen molar-refractivity contribution in [3.8, 4) is 5.75 Å². The van der Waals surface area contributed by atoms with Crippen LogP contribution in [-0.2, 0) is 17.8 Å². The van der Waals surface area contributed by atoms with Crippen molar-refractivity contribution < 1.29 is 13.9 Å². The van der Waals surface area contributed by atoms with Crippen LogP contribution < -0.4 is 4.74 Å². The number of rotatable bonds is 8. The van der Waals surface area contributed by atoms with Crippen molar-refractivity contribution in [3.05, 3.63) is 95.5 Å². The van der Waals surface area contributed by atoms with Gasteiger partial charge >= 0.3 is 0 Å². The van der Waals surface area contributed by atoms with E-state index in [1.807, 2.05) is 66.4 Å². The minimum atomic E-state index is 0.0578. The predicted molar refractivity (Wildman–Crippen MR) is 111 cm³/mol. The van der Waals surface area contributed by atoms with Crippen molar-refractivity contribution in [1.82, 2.24) is 4.90 Å². The molecule has 0 bridgehead atoms. The molecule has 0 aliphatic rings. The molecule has 0 saturated heterocycles. The van der Waals surface area contributed by atoms with Crippen LogP contribution in [0.25, 0.3) is 6.08 Å². The largest absolute Gasteiger partial charge is 0.497 e. The van der Waals surface area contributed by atoms with E-state index >= 15 is 0 Å². The zero-order valence-electron chi connectivity index (χ0n) is 16.3. The van der Waals surface area contributed by atoms with E-state index in [2.05, 4.69) is 18.2 Å². The molecule has 0 saturated carbocycles. The summed E-state index contributed by atoms with van der Waals surface area (Å²) < 4.78 is 10.7. The summed E-state index contributed by atoms with van der Waals surface area (Å²) in [5, 5.41) is 0. The fourth-order valence-corrected chi connectivity index (χ4v) is 3.03. The molecule has 0 radical (unpaired) electrons.